The predicted molar refractivity (Wildman–Crippen MR) is 61.2 cm³/mol. The highest BCUT2D eigenvalue weighted by molar-refractivity contribution is 7.90. The van der Waals surface area contributed by atoms with Crippen LogP contribution in [0.2, 0.25) is 0 Å². The molecule has 16 heavy (non-hydrogen) atoms. The van der Waals surface area contributed by atoms with Crippen LogP contribution >= 0.6 is 0 Å². The molecule has 0 aliphatic heterocycles. The summed E-state index contributed by atoms with van der Waals surface area (Å²) in [7, 11) is -1.28. The van der Waals surface area contributed by atoms with Crippen LogP contribution in [0.25, 0.3) is 0 Å². The standard InChI is InChI=1S/C10H16N2O3S/c1-8-7-9(12(2)11-8)10(13)5-4-6-16(3,14)15/h7H,4-6H2,1-3H3. The summed E-state index contributed by atoms with van der Waals surface area (Å²) in [5.74, 6) is -0.0120. The third-order valence-corrected chi connectivity index (χ3v) is 3.24. The summed E-state index contributed by atoms with van der Waals surface area (Å²) in [6, 6.07) is 1.71. The van der Waals surface area contributed by atoms with Crippen molar-refractivity contribution in [3.63, 3.8) is 0 Å². The Hall–Kier alpha value is -1.17. The van der Waals surface area contributed by atoms with Gasteiger partial charge < -0.3 is 0 Å². The molecular formula is C10H16N2O3S. The fourth-order valence-electron chi connectivity index (χ4n) is 1.49. The van der Waals surface area contributed by atoms with Gasteiger partial charge in [0, 0.05) is 19.7 Å². The summed E-state index contributed by atoms with van der Waals surface area (Å²) in [5.41, 5.74) is 1.32. The molecule has 0 amide bonds. The monoisotopic (exact) mass is 244 g/mol. The van der Waals surface area contributed by atoms with Crippen LogP contribution in [0.15, 0.2) is 6.07 Å². The summed E-state index contributed by atoms with van der Waals surface area (Å²) in [6.45, 7) is 1.81. The normalized spacial score (nSPS) is 11.7. The van der Waals surface area contributed by atoms with Crippen LogP contribution in [0.1, 0.15) is 29.0 Å². The largest absolute Gasteiger partial charge is 0.292 e. The molecule has 0 saturated heterocycles. The summed E-state index contributed by atoms with van der Waals surface area (Å²) in [5, 5.41) is 4.07. The number of ketones is 1. The predicted octanol–water partition coefficient (Wildman–Crippen LogP) is 0.736. The first-order valence-corrected chi connectivity index (χ1v) is 7.07. The van der Waals surface area contributed by atoms with Crippen molar-refractivity contribution < 1.29 is 13.2 Å². The van der Waals surface area contributed by atoms with Gasteiger partial charge in [0.25, 0.3) is 0 Å². The maximum atomic E-state index is 11.7. The Kier molecular flexibility index (Phi) is 3.85. The Labute approximate surface area is 95.4 Å². The number of nitrogens with zero attached hydrogens (tertiary/aromatic N) is 2. The molecule has 90 valence electrons. The van der Waals surface area contributed by atoms with E-state index in [1.807, 2.05) is 6.92 Å². The first-order chi connectivity index (χ1) is 7.29. The molecule has 0 N–H and O–H groups in total. The molecule has 0 radical (unpaired) electrons. The van der Waals surface area contributed by atoms with Gasteiger partial charge in [0.1, 0.15) is 15.5 Å². The van der Waals surface area contributed by atoms with E-state index < -0.39 is 9.84 Å². The van der Waals surface area contributed by atoms with Gasteiger partial charge in [0.15, 0.2) is 5.78 Å². The van der Waals surface area contributed by atoms with Gasteiger partial charge in [-0.2, -0.15) is 5.10 Å². The van der Waals surface area contributed by atoms with Crippen molar-refractivity contribution in [1.82, 2.24) is 9.78 Å². The van der Waals surface area contributed by atoms with E-state index in [0.717, 1.165) is 5.69 Å². The van der Waals surface area contributed by atoms with Crippen molar-refractivity contribution in [2.75, 3.05) is 12.0 Å². The molecule has 0 atom stereocenters. The van der Waals surface area contributed by atoms with Crippen LogP contribution in [0.4, 0.5) is 0 Å². The van der Waals surface area contributed by atoms with Crippen LogP contribution in [0.3, 0.4) is 0 Å². The van der Waals surface area contributed by atoms with Crippen LogP contribution < -0.4 is 0 Å². The van der Waals surface area contributed by atoms with E-state index in [1.165, 1.54) is 10.9 Å². The SMILES string of the molecule is Cc1cc(C(=O)CCCS(C)(=O)=O)n(C)n1. The zero-order chi connectivity index (χ0) is 12.3. The molecule has 0 aromatic carbocycles. The number of sulfone groups is 1. The van der Waals surface area contributed by atoms with Crippen molar-refractivity contribution in [2.45, 2.75) is 19.8 Å². The Morgan fingerprint density at radius 3 is 2.56 bits per heavy atom. The second-order valence-corrected chi connectivity index (χ2v) is 6.21. The van der Waals surface area contributed by atoms with Gasteiger partial charge in [0.2, 0.25) is 0 Å². The minimum absolute atomic E-state index is 0.0512. The summed E-state index contributed by atoms with van der Waals surface area (Å²) < 4.78 is 23.3. The molecular weight excluding hydrogens is 228 g/mol. The highest BCUT2D eigenvalue weighted by Gasteiger charge is 2.12. The van der Waals surface area contributed by atoms with Crippen LogP contribution in [0, 0.1) is 6.92 Å². The van der Waals surface area contributed by atoms with E-state index in [-0.39, 0.29) is 18.0 Å². The molecule has 0 unspecified atom stereocenters. The molecule has 1 aromatic heterocycles. The number of hydrogen-bond donors (Lipinski definition) is 0. The third-order valence-electron chi connectivity index (χ3n) is 2.21. The lowest BCUT2D eigenvalue weighted by Gasteiger charge is -2.00. The number of rotatable bonds is 5. The van der Waals surface area contributed by atoms with Crippen LogP contribution in [0.5, 0.6) is 0 Å². The van der Waals surface area contributed by atoms with E-state index in [0.29, 0.717) is 12.1 Å². The van der Waals surface area contributed by atoms with Gasteiger partial charge in [0.05, 0.1) is 11.4 Å². The third kappa shape index (κ3) is 3.77. The Morgan fingerprint density at radius 2 is 2.12 bits per heavy atom. The zero-order valence-corrected chi connectivity index (χ0v) is 10.5. The minimum atomic E-state index is -2.98. The maximum Gasteiger partial charge on any atom is 0.180 e. The van der Waals surface area contributed by atoms with Crippen molar-refractivity contribution in [3.05, 3.63) is 17.5 Å². The number of aryl methyl sites for hydroxylation is 2. The van der Waals surface area contributed by atoms with Crippen molar-refractivity contribution in [3.8, 4) is 0 Å². The average Bonchev–Trinajstić information content (AvgIpc) is 2.43. The smallest absolute Gasteiger partial charge is 0.180 e. The highest BCUT2D eigenvalue weighted by atomic mass is 32.2. The summed E-state index contributed by atoms with van der Waals surface area (Å²) in [6.07, 6.45) is 1.78. The van der Waals surface area contributed by atoms with Gasteiger partial charge in [-0.1, -0.05) is 0 Å². The van der Waals surface area contributed by atoms with Gasteiger partial charge >= 0.3 is 0 Å². The Bertz CT molecular complexity index is 488. The number of carbonyl (C=O) groups excluding carboxylic acids is 1. The fraction of sp³-hybridized carbons (Fsp3) is 0.600. The molecule has 0 aliphatic rings. The molecule has 0 aliphatic carbocycles. The van der Waals surface area contributed by atoms with Gasteiger partial charge in [-0.25, -0.2) is 8.42 Å². The lowest BCUT2D eigenvalue weighted by molar-refractivity contribution is 0.0973. The molecule has 1 heterocycles. The van der Waals surface area contributed by atoms with Crippen molar-refractivity contribution in [2.24, 2.45) is 7.05 Å². The molecule has 1 aromatic rings. The summed E-state index contributed by atoms with van der Waals surface area (Å²) >= 11 is 0. The zero-order valence-electron chi connectivity index (χ0n) is 9.73. The van der Waals surface area contributed by atoms with Crippen molar-refractivity contribution >= 4 is 15.6 Å². The Morgan fingerprint density at radius 1 is 1.50 bits per heavy atom. The van der Waals surface area contributed by atoms with E-state index in [2.05, 4.69) is 5.10 Å². The van der Waals surface area contributed by atoms with Crippen molar-refractivity contribution in [1.29, 1.82) is 0 Å². The van der Waals surface area contributed by atoms with Gasteiger partial charge in [-0.05, 0) is 19.4 Å². The van der Waals surface area contributed by atoms with E-state index in [4.69, 9.17) is 0 Å². The van der Waals surface area contributed by atoms with E-state index >= 15 is 0 Å². The first-order valence-electron chi connectivity index (χ1n) is 5.01. The second kappa shape index (κ2) is 4.78. The quantitative estimate of drug-likeness (QED) is 0.716. The lowest BCUT2D eigenvalue weighted by atomic mass is 10.2. The van der Waals surface area contributed by atoms with Gasteiger partial charge in [-0.3, -0.25) is 9.48 Å². The molecule has 5 nitrogen and oxygen atoms in total. The number of Topliss-reactive ketones (excluding diaryl/α,β-unsaturated/α-hetero) is 1. The van der Waals surface area contributed by atoms with Crippen LogP contribution in [-0.2, 0) is 16.9 Å². The molecule has 0 bridgehead atoms. The molecule has 1 rings (SSSR count). The lowest BCUT2D eigenvalue weighted by Crippen LogP contribution is -2.09. The first kappa shape index (κ1) is 12.9. The van der Waals surface area contributed by atoms with E-state index in [9.17, 15) is 13.2 Å². The topological polar surface area (TPSA) is 69.0 Å². The molecule has 0 fully saturated rings. The minimum Gasteiger partial charge on any atom is -0.292 e. The number of hydrogen-bond acceptors (Lipinski definition) is 4. The highest BCUT2D eigenvalue weighted by Crippen LogP contribution is 2.07. The van der Waals surface area contributed by atoms with Gasteiger partial charge in [-0.15, -0.1) is 0 Å². The Balaban J connectivity index is 2.57. The number of aromatic nitrogens is 2. The fourth-order valence-corrected chi connectivity index (χ4v) is 2.16. The molecule has 0 spiro atoms. The van der Waals surface area contributed by atoms with E-state index in [1.54, 1.807) is 13.1 Å². The van der Waals surface area contributed by atoms with Crippen LogP contribution in [-0.4, -0.2) is 36.0 Å². The average molecular weight is 244 g/mol. The molecule has 0 saturated carbocycles. The maximum absolute atomic E-state index is 11.7. The number of carbonyl (C=O) groups is 1. The summed E-state index contributed by atoms with van der Waals surface area (Å²) in [4.78, 5) is 11.7. The second-order valence-electron chi connectivity index (χ2n) is 3.95. The molecule has 6 heteroatoms.